The van der Waals surface area contributed by atoms with E-state index in [1.807, 2.05) is 0 Å². The van der Waals surface area contributed by atoms with Gasteiger partial charge in [0.15, 0.2) is 0 Å². The van der Waals surface area contributed by atoms with Crippen LogP contribution in [0, 0.1) is 11.8 Å². The van der Waals surface area contributed by atoms with Crippen LogP contribution in [0.3, 0.4) is 0 Å². The second-order valence-electron chi connectivity index (χ2n) is 7.06. The van der Waals surface area contributed by atoms with Crippen LogP contribution in [0.1, 0.15) is 78.6 Å². The summed E-state index contributed by atoms with van der Waals surface area (Å²) in [7, 11) is 0. The number of nitrogens with two attached hydrogens (primary N) is 1. The number of rotatable bonds is 9. The highest BCUT2D eigenvalue weighted by atomic mass is 15.2. The lowest BCUT2D eigenvalue weighted by Crippen LogP contribution is -2.41. The van der Waals surface area contributed by atoms with Crippen molar-refractivity contribution in [3.05, 3.63) is 0 Å². The van der Waals surface area contributed by atoms with Gasteiger partial charge < -0.3 is 5.73 Å². The molecule has 120 valence electrons. The molecule has 2 heteroatoms. The zero-order valence-electron chi connectivity index (χ0n) is 14.2. The van der Waals surface area contributed by atoms with Gasteiger partial charge in [-0.3, -0.25) is 4.90 Å². The van der Waals surface area contributed by atoms with Crippen molar-refractivity contribution >= 4 is 0 Å². The van der Waals surface area contributed by atoms with E-state index >= 15 is 0 Å². The Morgan fingerprint density at radius 2 is 1.80 bits per heavy atom. The molecule has 1 fully saturated rings. The minimum atomic E-state index is 0.641. The summed E-state index contributed by atoms with van der Waals surface area (Å²) in [6.07, 6.45) is 12.4. The second kappa shape index (κ2) is 10.6. The molecular weight excluding hydrogens is 244 g/mol. The molecule has 1 aliphatic rings. The third-order valence-corrected chi connectivity index (χ3v) is 5.18. The maximum absolute atomic E-state index is 6.05. The van der Waals surface area contributed by atoms with E-state index in [1.54, 1.807) is 0 Å². The zero-order valence-corrected chi connectivity index (χ0v) is 14.2. The molecule has 2 atom stereocenters. The summed E-state index contributed by atoms with van der Waals surface area (Å²) < 4.78 is 0. The molecule has 0 aromatic heterocycles. The molecule has 0 spiro atoms. The SMILES string of the molecule is CCCCCCCC(CN)N1CCCC(C(C)C)CC1. The second-order valence-corrected chi connectivity index (χ2v) is 7.06. The quantitative estimate of drug-likeness (QED) is 0.634. The Balaban J connectivity index is 2.29. The maximum atomic E-state index is 6.05. The number of hydrogen-bond acceptors (Lipinski definition) is 2. The predicted octanol–water partition coefficient (Wildman–Crippen LogP) is 4.43. The summed E-state index contributed by atoms with van der Waals surface area (Å²) in [5.41, 5.74) is 6.05. The largest absolute Gasteiger partial charge is 0.329 e. The first-order chi connectivity index (χ1) is 9.69. The van der Waals surface area contributed by atoms with Crippen LogP contribution in [0.25, 0.3) is 0 Å². The van der Waals surface area contributed by atoms with E-state index < -0.39 is 0 Å². The first-order valence-electron chi connectivity index (χ1n) is 9.13. The molecule has 20 heavy (non-hydrogen) atoms. The third kappa shape index (κ3) is 6.58. The molecule has 0 radical (unpaired) electrons. The van der Waals surface area contributed by atoms with Crippen LogP contribution in [-0.4, -0.2) is 30.6 Å². The lowest BCUT2D eigenvalue weighted by Gasteiger charge is -2.30. The summed E-state index contributed by atoms with van der Waals surface area (Å²) in [6.45, 7) is 10.5. The molecule has 2 nitrogen and oxygen atoms in total. The smallest absolute Gasteiger partial charge is 0.0218 e. The fraction of sp³-hybridized carbons (Fsp3) is 1.00. The molecule has 1 rings (SSSR count). The molecule has 0 aliphatic carbocycles. The van der Waals surface area contributed by atoms with Gasteiger partial charge in [-0.1, -0.05) is 52.9 Å². The molecule has 1 aliphatic heterocycles. The van der Waals surface area contributed by atoms with Gasteiger partial charge in [-0.2, -0.15) is 0 Å². The van der Waals surface area contributed by atoms with E-state index in [0.717, 1.165) is 18.4 Å². The van der Waals surface area contributed by atoms with Crippen LogP contribution in [0.2, 0.25) is 0 Å². The Bertz CT molecular complexity index is 227. The Kier molecular flexibility index (Phi) is 9.54. The van der Waals surface area contributed by atoms with Gasteiger partial charge in [-0.25, -0.2) is 0 Å². The normalized spacial score (nSPS) is 22.9. The fourth-order valence-electron chi connectivity index (χ4n) is 3.61. The summed E-state index contributed by atoms with van der Waals surface area (Å²) in [5, 5.41) is 0. The van der Waals surface area contributed by atoms with Crippen molar-refractivity contribution in [2.75, 3.05) is 19.6 Å². The van der Waals surface area contributed by atoms with Gasteiger partial charge >= 0.3 is 0 Å². The Morgan fingerprint density at radius 1 is 1.05 bits per heavy atom. The molecule has 0 aromatic rings. The first kappa shape index (κ1) is 18.0. The summed E-state index contributed by atoms with van der Waals surface area (Å²) in [5.74, 6) is 1.78. The molecule has 1 saturated heterocycles. The number of likely N-dealkylation sites (tertiary alicyclic amines) is 1. The Hall–Kier alpha value is -0.0800. The van der Waals surface area contributed by atoms with Crippen LogP contribution in [0.15, 0.2) is 0 Å². The molecule has 0 aromatic carbocycles. The van der Waals surface area contributed by atoms with Crippen molar-refractivity contribution in [3.8, 4) is 0 Å². The van der Waals surface area contributed by atoms with Gasteiger partial charge in [0.1, 0.15) is 0 Å². The van der Waals surface area contributed by atoms with E-state index in [4.69, 9.17) is 5.73 Å². The average molecular weight is 283 g/mol. The van der Waals surface area contributed by atoms with Crippen LogP contribution in [-0.2, 0) is 0 Å². The summed E-state index contributed by atoms with van der Waals surface area (Å²) >= 11 is 0. The van der Waals surface area contributed by atoms with E-state index in [-0.39, 0.29) is 0 Å². The van der Waals surface area contributed by atoms with Crippen molar-refractivity contribution < 1.29 is 0 Å². The van der Waals surface area contributed by atoms with Gasteiger partial charge in [-0.05, 0) is 50.6 Å². The number of nitrogens with zero attached hydrogens (tertiary/aromatic N) is 1. The van der Waals surface area contributed by atoms with Crippen LogP contribution in [0.4, 0.5) is 0 Å². The third-order valence-electron chi connectivity index (χ3n) is 5.18. The van der Waals surface area contributed by atoms with E-state index in [2.05, 4.69) is 25.7 Å². The van der Waals surface area contributed by atoms with Crippen LogP contribution < -0.4 is 5.73 Å². The minimum absolute atomic E-state index is 0.641. The highest BCUT2D eigenvalue weighted by Crippen LogP contribution is 2.26. The highest BCUT2D eigenvalue weighted by molar-refractivity contribution is 4.78. The van der Waals surface area contributed by atoms with Crippen molar-refractivity contribution in [1.29, 1.82) is 0 Å². The standard InChI is InChI=1S/C18H38N2/c1-4-5-6-7-8-11-18(15-19)20-13-9-10-17(12-14-20)16(2)3/h16-18H,4-15,19H2,1-3H3. The van der Waals surface area contributed by atoms with Gasteiger partial charge in [0.25, 0.3) is 0 Å². The summed E-state index contributed by atoms with van der Waals surface area (Å²) in [6, 6.07) is 0.641. The van der Waals surface area contributed by atoms with Crippen molar-refractivity contribution in [2.45, 2.75) is 84.6 Å². The topological polar surface area (TPSA) is 29.3 Å². The number of hydrogen-bond donors (Lipinski definition) is 1. The number of unbranched alkanes of at least 4 members (excludes halogenated alkanes) is 4. The lowest BCUT2D eigenvalue weighted by molar-refractivity contribution is 0.189. The molecule has 0 amide bonds. The van der Waals surface area contributed by atoms with Gasteiger partial charge in [0.05, 0.1) is 0 Å². The fourth-order valence-corrected chi connectivity index (χ4v) is 3.61. The maximum Gasteiger partial charge on any atom is 0.0218 e. The van der Waals surface area contributed by atoms with Crippen molar-refractivity contribution in [3.63, 3.8) is 0 Å². The Labute approximate surface area is 127 Å². The molecule has 2 unspecified atom stereocenters. The van der Waals surface area contributed by atoms with Gasteiger partial charge in [0, 0.05) is 12.6 Å². The van der Waals surface area contributed by atoms with Crippen LogP contribution >= 0.6 is 0 Å². The van der Waals surface area contributed by atoms with Crippen molar-refractivity contribution in [1.82, 2.24) is 4.90 Å². The van der Waals surface area contributed by atoms with Gasteiger partial charge in [-0.15, -0.1) is 0 Å². The van der Waals surface area contributed by atoms with E-state index in [9.17, 15) is 0 Å². The minimum Gasteiger partial charge on any atom is -0.329 e. The first-order valence-corrected chi connectivity index (χ1v) is 9.13. The van der Waals surface area contributed by atoms with Crippen molar-refractivity contribution in [2.24, 2.45) is 17.6 Å². The molecular formula is C18H38N2. The van der Waals surface area contributed by atoms with Gasteiger partial charge in [0.2, 0.25) is 0 Å². The molecule has 0 bridgehead atoms. The van der Waals surface area contributed by atoms with E-state index in [1.165, 1.54) is 70.9 Å². The summed E-state index contributed by atoms with van der Waals surface area (Å²) in [4.78, 5) is 2.70. The molecule has 2 N–H and O–H groups in total. The highest BCUT2D eigenvalue weighted by Gasteiger charge is 2.23. The Morgan fingerprint density at radius 3 is 2.45 bits per heavy atom. The lowest BCUT2D eigenvalue weighted by atomic mass is 9.89. The monoisotopic (exact) mass is 282 g/mol. The van der Waals surface area contributed by atoms with E-state index in [0.29, 0.717) is 6.04 Å². The molecule has 1 heterocycles. The van der Waals surface area contributed by atoms with Crippen LogP contribution in [0.5, 0.6) is 0 Å². The average Bonchev–Trinajstić information content (AvgIpc) is 2.69. The zero-order chi connectivity index (χ0) is 14.8. The predicted molar refractivity (Wildman–Crippen MR) is 90.0 cm³/mol. The molecule has 0 saturated carbocycles.